The molecule has 0 atom stereocenters. The Morgan fingerprint density at radius 2 is 2.00 bits per heavy atom. The average Bonchev–Trinajstić information content (AvgIpc) is 2.30. The molecule has 2 rings (SSSR count). The summed E-state index contributed by atoms with van der Waals surface area (Å²) in [6.07, 6.45) is 0. The van der Waals surface area contributed by atoms with E-state index in [-0.39, 0.29) is 11.4 Å². The molecule has 0 radical (unpaired) electrons. The molecule has 0 saturated carbocycles. The summed E-state index contributed by atoms with van der Waals surface area (Å²) in [4.78, 5) is 15.2. The maximum absolute atomic E-state index is 11.1. The second-order valence-electron chi connectivity index (χ2n) is 4.10. The number of aromatic nitrogens is 2. The van der Waals surface area contributed by atoms with E-state index in [1.165, 1.54) is 6.07 Å². The van der Waals surface area contributed by atoms with Gasteiger partial charge in [-0.2, -0.15) is 0 Å². The van der Waals surface area contributed by atoms with Crippen LogP contribution in [0.2, 0.25) is 0 Å². The van der Waals surface area contributed by atoms with Crippen LogP contribution >= 0.6 is 0 Å². The van der Waals surface area contributed by atoms with Gasteiger partial charge >= 0.3 is 5.97 Å². The topological polar surface area (TPSA) is 95.6 Å². The number of nitrogens with zero attached hydrogens (tertiary/aromatic N) is 4. The average molecular weight is 237 g/mol. The molecular weight excluding hydrogens is 222 g/mol. The zero-order valence-corrected chi connectivity index (χ0v) is 9.63. The molecule has 0 spiro atoms. The molecule has 1 aliphatic heterocycles. The van der Waals surface area contributed by atoms with E-state index in [1.54, 1.807) is 0 Å². The van der Waals surface area contributed by atoms with E-state index in [9.17, 15) is 4.79 Å². The van der Waals surface area contributed by atoms with Gasteiger partial charge in [0.15, 0.2) is 5.82 Å². The van der Waals surface area contributed by atoms with Crippen LogP contribution in [0.4, 0.5) is 11.6 Å². The van der Waals surface area contributed by atoms with Crippen molar-refractivity contribution in [2.45, 2.75) is 0 Å². The normalized spacial score (nSPS) is 17.1. The maximum Gasteiger partial charge on any atom is 0.339 e. The number of carboxylic acid groups (broad SMARTS) is 1. The van der Waals surface area contributed by atoms with Crippen molar-refractivity contribution < 1.29 is 9.90 Å². The summed E-state index contributed by atoms with van der Waals surface area (Å²) in [5.74, 6) is -0.499. The number of likely N-dealkylation sites (N-methyl/N-ethyl adjacent to an activating group) is 1. The molecule has 0 unspecified atom stereocenters. The van der Waals surface area contributed by atoms with Gasteiger partial charge in [0.1, 0.15) is 11.4 Å². The van der Waals surface area contributed by atoms with Gasteiger partial charge in [0.25, 0.3) is 0 Å². The zero-order valence-electron chi connectivity index (χ0n) is 9.63. The second-order valence-corrected chi connectivity index (χ2v) is 4.10. The van der Waals surface area contributed by atoms with Gasteiger partial charge in [0, 0.05) is 32.2 Å². The van der Waals surface area contributed by atoms with Gasteiger partial charge in [0.2, 0.25) is 0 Å². The third kappa shape index (κ3) is 2.44. The number of carbonyl (C=O) groups is 1. The Kier molecular flexibility index (Phi) is 3.10. The third-order valence-electron chi connectivity index (χ3n) is 2.83. The number of nitrogen functional groups attached to an aromatic ring is 1. The summed E-state index contributed by atoms with van der Waals surface area (Å²) >= 11 is 0. The van der Waals surface area contributed by atoms with E-state index >= 15 is 0 Å². The molecule has 17 heavy (non-hydrogen) atoms. The first-order valence-electron chi connectivity index (χ1n) is 5.38. The number of nitrogens with two attached hydrogens (primary N) is 1. The largest absolute Gasteiger partial charge is 0.478 e. The fourth-order valence-electron chi connectivity index (χ4n) is 1.81. The predicted molar refractivity (Wildman–Crippen MR) is 63.1 cm³/mol. The number of piperazine rings is 1. The molecule has 0 bridgehead atoms. The second kappa shape index (κ2) is 4.54. The Balaban J connectivity index is 2.28. The molecule has 0 aliphatic carbocycles. The van der Waals surface area contributed by atoms with E-state index in [1.807, 2.05) is 11.9 Å². The van der Waals surface area contributed by atoms with Crippen LogP contribution in [0.15, 0.2) is 6.07 Å². The Morgan fingerprint density at radius 1 is 1.35 bits per heavy atom. The molecule has 0 aromatic carbocycles. The lowest BCUT2D eigenvalue weighted by Crippen LogP contribution is -2.45. The molecule has 1 saturated heterocycles. The highest BCUT2D eigenvalue weighted by Crippen LogP contribution is 2.19. The van der Waals surface area contributed by atoms with Crippen LogP contribution in [0.5, 0.6) is 0 Å². The van der Waals surface area contributed by atoms with E-state index in [2.05, 4.69) is 15.1 Å². The predicted octanol–water partition coefficient (Wildman–Crippen LogP) is -0.491. The van der Waals surface area contributed by atoms with Crippen LogP contribution in [0.25, 0.3) is 0 Å². The van der Waals surface area contributed by atoms with Gasteiger partial charge in [-0.05, 0) is 7.05 Å². The van der Waals surface area contributed by atoms with Crippen molar-refractivity contribution in [1.82, 2.24) is 15.1 Å². The van der Waals surface area contributed by atoms with E-state index in [4.69, 9.17) is 10.8 Å². The van der Waals surface area contributed by atoms with Crippen molar-refractivity contribution in [3.8, 4) is 0 Å². The van der Waals surface area contributed by atoms with Crippen LogP contribution in [0, 0.1) is 0 Å². The van der Waals surface area contributed by atoms with Crippen LogP contribution in [-0.4, -0.2) is 59.4 Å². The quantitative estimate of drug-likeness (QED) is 0.716. The first-order chi connectivity index (χ1) is 8.08. The number of aromatic carboxylic acids is 1. The van der Waals surface area contributed by atoms with Crippen LogP contribution in [0.3, 0.4) is 0 Å². The van der Waals surface area contributed by atoms with E-state index in [0.29, 0.717) is 5.82 Å². The fraction of sp³-hybridized carbons (Fsp3) is 0.500. The summed E-state index contributed by atoms with van der Waals surface area (Å²) in [5, 5.41) is 16.7. The first kappa shape index (κ1) is 11.6. The molecule has 2 heterocycles. The molecule has 1 fully saturated rings. The molecule has 7 heteroatoms. The van der Waals surface area contributed by atoms with E-state index in [0.717, 1.165) is 26.2 Å². The van der Waals surface area contributed by atoms with Gasteiger partial charge in [-0.25, -0.2) is 4.79 Å². The molecule has 7 nitrogen and oxygen atoms in total. The molecule has 1 aromatic rings. The third-order valence-corrected chi connectivity index (χ3v) is 2.83. The minimum absolute atomic E-state index is 0.113. The number of anilines is 2. The van der Waals surface area contributed by atoms with Crippen LogP contribution in [-0.2, 0) is 0 Å². The van der Waals surface area contributed by atoms with Crippen molar-refractivity contribution in [1.29, 1.82) is 0 Å². The van der Waals surface area contributed by atoms with Crippen molar-refractivity contribution in [2.24, 2.45) is 0 Å². The first-order valence-corrected chi connectivity index (χ1v) is 5.38. The summed E-state index contributed by atoms with van der Waals surface area (Å²) < 4.78 is 0. The fourth-order valence-corrected chi connectivity index (χ4v) is 1.81. The molecule has 1 aliphatic rings. The molecule has 92 valence electrons. The SMILES string of the molecule is CN1CCN(c2nnc(N)cc2C(=O)O)CC1. The van der Waals surface area contributed by atoms with Gasteiger partial charge < -0.3 is 20.6 Å². The Labute approximate surface area is 98.8 Å². The monoisotopic (exact) mass is 237 g/mol. The van der Waals surface area contributed by atoms with Gasteiger partial charge in [-0.3, -0.25) is 0 Å². The lowest BCUT2D eigenvalue weighted by Gasteiger charge is -2.33. The van der Waals surface area contributed by atoms with Crippen molar-refractivity contribution in [3.63, 3.8) is 0 Å². The zero-order chi connectivity index (χ0) is 12.4. The molecule has 3 N–H and O–H groups in total. The number of hydrogen-bond acceptors (Lipinski definition) is 6. The number of hydrogen-bond donors (Lipinski definition) is 2. The lowest BCUT2D eigenvalue weighted by atomic mass is 10.2. The number of rotatable bonds is 2. The Bertz CT molecular complexity index is 429. The summed E-state index contributed by atoms with van der Waals surface area (Å²) in [6, 6.07) is 1.35. The molecular formula is C10H15N5O2. The van der Waals surface area contributed by atoms with Gasteiger partial charge in [-0.1, -0.05) is 0 Å². The lowest BCUT2D eigenvalue weighted by molar-refractivity contribution is 0.0697. The maximum atomic E-state index is 11.1. The van der Waals surface area contributed by atoms with E-state index < -0.39 is 5.97 Å². The highest BCUT2D eigenvalue weighted by atomic mass is 16.4. The van der Waals surface area contributed by atoms with Crippen molar-refractivity contribution in [3.05, 3.63) is 11.6 Å². The van der Waals surface area contributed by atoms with Crippen molar-refractivity contribution in [2.75, 3.05) is 43.9 Å². The minimum atomic E-state index is -1.03. The van der Waals surface area contributed by atoms with Crippen LogP contribution in [0.1, 0.15) is 10.4 Å². The molecule has 1 aromatic heterocycles. The number of carboxylic acids is 1. The van der Waals surface area contributed by atoms with Gasteiger partial charge in [-0.15, -0.1) is 10.2 Å². The summed E-state index contributed by atoms with van der Waals surface area (Å²) in [6.45, 7) is 3.25. The summed E-state index contributed by atoms with van der Waals surface area (Å²) in [5.41, 5.74) is 5.57. The highest BCUT2D eigenvalue weighted by Gasteiger charge is 2.22. The smallest absolute Gasteiger partial charge is 0.339 e. The minimum Gasteiger partial charge on any atom is -0.478 e. The molecule has 0 amide bonds. The highest BCUT2D eigenvalue weighted by molar-refractivity contribution is 5.93. The van der Waals surface area contributed by atoms with Crippen molar-refractivity contribution >= 4 is 17.6 Å². The Hall–Kier alpha value is -1.89. The van der Waals surface area contributed by atoms with Crippen LogP contribution < -0.4 is 10.6 Å². The summed E-state index contributed by atoms with van der Waals surface area (Å²) in [7, 11) is 2.03. The Morgan fingerprint density at radius 3 is 2.59 bits per heavy atom. The standard InChI is InChI=1S/C10H15N5O2/c1-14-2-4-15(5-3-14)9-7(10(16)17)6-8(11)12-13-9/h6H,2-5H2,1H3,(H2,11,12)(H,16,17). The van der Waals surface area contributed by atoms with Gasteiger partial charge in [0.05, 0.1) is 0 Å².